The van der Waals surface area contributed by atoms with Gasteiger partial charge in [-0.05, 0) is 30.5 Å². The van der Waals surface area contributed by atoms with E-state index in [0.717, 1.165) is 25.7 Å². The highest BCUT2D eigenvalue weighted by Crippen LogP contribution is 2.48. The Morgan fingerprint density at radius 1 is 1.11 bits per heavy atom. The summed E-state index contributed by atoms with van der Waals surface area (Å²) in [5, 5.41) is 6.62. The monoisotopic (exact) mass is 641 g/mol. The number of aryl methyl sites for hydroxylation is 1. The summed E-state index contributed by atoms with van der Waals surface area (Å²) in [5.74, 6) is 0.992. The molecular formula is C30H33Cl2N7O5. The van der Waals surface area contributed by atoms with E-state index in [-0.39, 0.29) is 63.9 Å². The van der Waals surface area contributed by atoms with E-state index in [1.54, 1.807) is 31.6 Å². The van der Waals surface area contributed by atoms with Gasteiger partial charge in [-0.3, -0.25) is 19.4 Å². The molecule has 0 radical (unpaired) electrons. The summed E-state index contributed by atoms with van der Waals surface area (Å²) in [6.07, 6.45) is 8.11. The molecule has 1 aliphatic heterocycles. The molecule has 2 atom stereocenters. The van der Waals surface area contributed by atoms with Gasteiger partial charge in [-0.15, -0.1) is 0 Å². The Morgan fingerprint density at radius 2 is 1.80 bits per heavy atom. The van der Waals surface area contributed by atoms with Crippen LogP contribution in [0.25, 0.3) is 0 Å². The zero-order valence-corrected chi connectivity index (χ0v) is 26.1. The molecule has 12 nitrogen and oxygen atoms in total. The van der Waals surface area contributed by atoms with Crippen molar-refractivity contribution in [2.24, 2.45) is 7.05 Å². The number of carbonyl (C=O) groups is 2. The Kier molecular flexibility index (Phi) is 9.31. The third-order valence-electron chi connectivity index (χ3n) is 7.81. The maximum Gasteiger partial charge on any atom is 0.330 e. The Balaban J connectivity index is 1.56. The van der Waals surface area contributed by atoms with E-state index in [9.17, 15) is 14.4 Å². The molecule has 2 aromatic heterocycles. The van der Waals surface area contributed by atoms with Crippen LogP contribution in [-0.2, 0) is 24.9 Å². The second-order valence-electron chi connectivity index (χ2n) is 10.6. The van der Waals surface area contributed by atoms with Crippen molar-refractivity contribution in [3.63, 3.8) is 0 Å². The maximum absolute atomic E-state index is 14.3. The van der Waals surface area contributed by atoms with Crippen LogP contribution < -0.4 is 35.5 Å². The van der Waals surface area contributed by atoms with Crippen LogP contribution in [0.4, 0.5) is 22.2 Å². The molecule has 44 heavy (non-hydrogen) atoms. The van der Waals surface area contributed by atoms with E-state index >= 15 is 0 Å². The number of methoxy groups -OCH3 is 2. The molecule has 1 fully saturated rings. The third kappa shape index (κ3) is 6.18. The van der Waals surface area contributed by atoms with Crippen molar-refractivity contribution in [3.05, 3.63) is 74.8 Å². The molecule has 0 saturated heterocycles. The number of hydrogen-bond donors (Lipinski definition) is 2. The zero-order chi connectivity index (χ0) is 31.5. The summed E-state index contributed by atoms with van der Waals surface area (Å²) in [7, 11) is 4.56. The number of urea groups is 1. The topological polar surface area (TPSA) is 131 Å². The molecule has 232 valence electrons. The normalized spacial score (nSPS) is 18.0. The van der Waals surface area contributed by atoms with E-state index in [1.165, 1.54) is 40.7 Å². The minimum absolute atomic E-state index is 0.0344. The Hall–Kier alpha value is -4.29. The van der Waals surface area contributed by atoms with E-state index < -0.39 is 6.03 Å². The van der Waals surface area contributed by atoms with Crippen LogP contribution in [0, 0.1) is 0 Å². The van der Waals surface area contributed by atoms with Crippen molar-refractivity contribution in [2.75, 3.05) is 29.3 Å². The molecule has 3 heterocycles. The third-order valence-corrected chi connectivity index (χ3v) is 8.54. The number of anilines is 3. The SMILES string of the molecule is C=CC(=O)NC1CCCCC1Nc1ncc2c(n1)N(Cc1ccn(C)c(=O)c1)C(=O)N(c1c(Cl)c(OC)cc(OC)c1Cl)C2. The van der Waals surface area contributed by atoms with Crippen molar-refractivity contribution in [1.82, 2.24) is 19.9 Å². The lowest BCUT2D eigenvalue weighted by Gasteiger charge is -2.37. The van der Waals surface area contributed by atoms with Crippen LogP contribution in [0.1, 0.15) is 36.8 Å². The number of halogens is 2. The molecule has 1 aliphatic carbocycles. The fourth-order valence-electron chi connectivity index (χ4n) is 5.47. The Labute approximate surface area is 264 Å². The average Bonchev–Trinajstić information content (AvgIpc) is 3.02. The molecule has 2 aliphatic rings. The summed E-state index contributed by atoms with van der Waals surface area (Å²) in [4.78, 5) is 51.0. The van der Waals surface area contributed by atoms with Gasteiger partial charge in [0.1, 0.15) is 27.4 Å². The van der Waals surface area contributed by atoms with Gasteiger partial charge in [-0.1, -0.05) is 42.6 Å². The number of fused-ring (bicyclic) bond motifs is 1. The van der Waals surface area contributed by atoms with Gasteiger partial charge < -0.3 is 24.7 Å². The quantitative estimate of drug-likeness (QED) is 0.322. The molecule has 2 unspecified atom stereocenters. The van der Waals surface area contributed by atoms with Crippen molar-refractivity contribution < 1.29 is 19.1 Å². The summed E-state index contributed by atoms with van der Waals surface area (Å²) in [5.41, 5.74) is 1.21. The van der Waals surface area contributed by atoms with Gasteiger partial charge in [0.25, 0.3) is 5.56 Å². The minimum atomic E-state index is -0.476. The molecule has 5 rings (SSSR count). The van der Waals surface area contributed by atoms with Crippen molar-refractivity contribution >= 4 is 52.6 Å². The van der Waals surface area contributed by atoms with Gasteiger partial charge in [0.2, 0.25) is 11.9 Å². The fraction of sp³-hybridized carbons (Fsp3) is 0.367. The van der Waals surface area contributed by atoms with Crippen LogP contribution in [0.3, 0.4) is 0 Å². The number of ether oxygens (including phenoxy) is 2. The molecule has 3 aromatic rings. The minimum Gasteiger partial charge on any atom is -0.495 e. The van der Waals surface area contributed by atoms with E-state index in [2.05, 4.69) is 22.2 Å². The molecule has 0 bridgehead atoms. The van der Waals surface area contributed by atoms with Gasteiger partial charge in [0, 0.05) is 49.2 Å². The lowest BCUT2D eigenvalue weighted by atomic mass is 9.90. The average molecular weight is 643 g/mol. The number of benzene rings is 1. The van der Waals surface area contributed by atoms with E-state index in [1.807, 2.05) is 0 Å². The first-order chi connectivity index (χ1) is 21.1. The number of rotatable bonds is 9. The predicted octanol–water partition coefficient (Wildman–Crippen LogP) is 4.67. The van der Waals surface area contributed by atoms with Crippen LogP contribution in [0.5, 0.6) is 11.5 Å². The molecular weight excluding hydrogens is 609 g/mol. The largest absolute Gasteiger partial charge is 0.495 e. The van der Waals surface area contributed by atoms with Gasteiger partial charge in [-0.25, -0.2) is 9.78 Å². The van der Waals surface area contributed by atoms with Crippen LogP contribution in [0.2, 0.25) is 10.0 Å². The van der Waals surface area contributed by atoms with E-state index in [4.69, 9.17) is 37.7 Å². The van der Waals surface area contributed by atoms with Gasteiger partial charge in [0.05, 0.1) is 33.0 Å². The Morgan fingerprint density at radius 3 is 2.43 bits per heavy atom. The smallest absolute Gasteiger partial charge is 0.330 e. The maximum atomic E-state index is 14.3. The lowest BCUT2D eigenvalue weighted by molar-refractivity contribution is -0.117. The number of pyridine rings is 1. The molecule has 3 amide bonds. The van der Waals surface area contributed by atoms with Crippen LogP contribution >= 0.6 is 23.2 Å². The van der Waals surface area contributed by atoms with Crippen molar-refractivity contribution in [1.29, 1.82) is 0 Å². The highest BCUT2D eigenvalue weighted by atomic mass is 35.5. The number of nitrogens with one attached hydrogen (secondary N) is 2. The fourth-order valence-corrected chi connectivity index (χ4v) is 6.17. The first-order valence-corrected chi connectivity index (χ1v) is 14.8. The molecule has 1 aromatic carbocycles. The first-order valence-electron chi connectivity index (χ1n) is 14.0. The molecule has 2 N–H and O–H groups in total. The Bertz CT molecular complexity index is 1640. The van der Waals surface area contributed by atoms with Gasteiger partial charge in [-0.2, -0.15) is 4.98 Å². The molecule has 1 saturated carbocycles. The standard InChI is InChI=1S/C30H33Cl2N7O5/c1-5-23(40)34-19-8-6-7-9-20(19)35-29-33-14-18-16-38(27-25(31)21(43-3)13-22(44-4)26(27)32)30(42)39(28(18)36-29)15-17-10-11-37(2)24(41)12-17/h5,10-14,19-20H,1,6-9,15-16H2,2-4H3,(H,34,40)(H,33,35,36). The van der Waals surface area contributed by atoms with Crippen LogP contribution in [0.15, 0.2) is 48.0 Å². The number of nitrogens with zero attached hydrogens (tertiary/aromatic N) is 5. The molecule has 0 spiro atoms. The number of aromatic nitrogens is 3. The summed E-state index contributed by atoms with van der Waals surface area (Å²) in [6.45, 7) is 3.64. The van der Waals surface area contributed by atoms with E-state index in [0.29, 0.717) is 22.9 Å². The number of amides is 3. The summed E-state index contributed by atoms with van der Waals surface area (Å²) in [6, 6.07) is 4.05. The summed E-state index contributed by atoms with van der Waals surface area (Å²) < 4.78 is 12.3. The second-order valence-corrected chi connectivity index (χ2v) is 11.3. The van der Waals surface area contributed by atoms with Crippen molar-refractivity contribution in [3.8, 4) is 11.5 Å². The second kappa shape index (κ2) is 13.1. The van der Waals surface area contributed by atoms with Gasteiger partial charge in [0.15, 0.2) is 0 Å². The number of carbonyl (C=O) groups excluding carboxylic acids is 2. The van der Waals surface area contributed by atoms with Gasteiger partial charge >= 0.3 is 6.03 Å². The molecule has 14 heteroatoms. The predicted molar refractivity (Wildman–Crippen MR) is 169 cm³/mol. The van der Waals surface area contributed by atoms with Crippen molar-refractivity contribution in [2.45, 2.75) is 50.9 Å². The summed E-state index contributed by atoms with van der Waals surface area (Å²) >= 11 is 13.4. The highest BCUT2D eigenvalue weighted by molar-refractivity contribution is 6.42. The highest BCUT2D eigenvalue weighted by Gasteiger charge is 2.37. The lowest BCUT2D eigenvalue weighted by Crippen LogP contribution is -2.49. The zero-order valence-electron chi connectivity index (χ0n) is 24.6. The van der Waals surface area contributed by atoms with Crippen LogP contribution in [-0.4, -0.2) is 52.8 Å². The number of hydrogen-bond acceptors (Lipinski definition) is 8. The first kappa shape index (κ1) is 31.1.